The van der Waals surface area contributed by atoms with Crippen molar-refractivity contribution >= 4 is 57.6 Å². The topological polar surface area (TPSA) is 78.5 Å². The number of anilines is 1. The molecule has 0 radical (unpaired) electrons. The SMILES string of the molecule is O=C(NNC1CC(=O)N(c2ccc(Cl)cc2)C1=O)c1cccc(I)c1. The lowest BCUT2D eigenvalue weighted by molar-refractivity contribution is -0.121. The second-order valence-electron chi connectivity index (χ2n) is 5.41. The van der Waals surface area contributed by atoms with Crippen molar-refractivity contribution in [2.75, 3.05) is 4.90 Å². The Hall–Kier alpha value is -1.97. The molecule has 1 aliphatic rings. The Labute approximate surface area is 162 Å². The van der Waals surface area contributed by atoms with E-state index < -0.39 is 11.9 Å². The van der Waals surface area contributed by atoms with Crippen molar-refractivity contribution in [3.8, 4) is 0 Å². The average molecular weight is 470 g/mol. The van der Waals surface area contributed by atoms with Gasteiger partial charge in [-0.3, -0.25) is 19.8 Å². The van der Waals surface area contributed by atoms with E-state index in [1.54, 1.807) is 42.5 Å². The molecule has 1 fully saturated rings. The van der Waals surface area contributed by atoms with Gasteiger partial charge in [0, 0.05) is 14.2 Å². The van der Waals surface area contributed by atoms with E-state index in [0.29, 0.717) is 16.3 Å². The molecule has 0 saturated carbocycles. The molecule has 25 heavy (non-hydrogen) atoms. The molecule has 128 valence electrons. The first-order chi connectivity index (χ1) is 12.0. The smallest absolute Gasteiger partial charge is 0.265 e. The van der Waals surface area contributed by atoms with Crippen LogP contribution >= 0.6 is 34.2 Å². The van der Waals surface area contributed by atoms with Gasteiger partial charge in [0.1, 0.15) is 6.04 Å². The Morgan fingerprint density at radius 3 is 2.56 bits per heavy atom. The summed E-state index contributed by atoms with van der Waals surface area (Å²) in [6, 6.07) is 12.6. The normalized spacial score (nSPS) is 17.0. The summed E-state index contributed by atoms with van der Waals surface area (Å²) in [6.45, 7) is 0. The van der Waals surface area contributed by atoms with Gasteiger partial charge in [-0.1, -0.05) is 17.7 Å². The van der Waals surface area contributed by atoms with Crippen LogP contribution in [0.2, 0.25) is 5.02 Å². The third kappa shape index (κ3) is 4.00. The standard InChI is InChI=1S/C17H13ClIN3O3/c18-11-4-6-13(7-5-11)22-15(23)9-14(17(22)25)20-21-16(24)10-2-1-3-12(19)8-10/h1-8,14,20H,9H2,(H,21,24). The maximum absolute atomic E-state index is 12.5. The fourth-order valence-electron chi connectivity index (χ4n) is 2.46. The number of imide groups is 1. The number of hydrogen-bond donors (Lipinski definition) is 2. The van der Waals surface area contributed by atoms with Gasteiger partial charge in [0.05, 0.1) is 12.1 Å². The van der Waals surface area contributed by atoms with Crippen molar-refractivity contribution in [2.45, 2.75) is 12.5 Å². The fourth-order valence-corrected chi connectivity index (χ4v) is 3.13. The summed E-state index contributed by atoms with van der Waals surface area (Å²) in [5, 5.41) is 0.516. The predicted octanol–water partition coefficient (Wildman–Crippen LogP) is 2.51. The molecule has 1 atom stereocenters. The van der Waals surface area contributed by atoms with Gasteiger partial charge in [-0.2, -0.15) is 0 Å². The molecular weight excluding hydrogens is 457 g/mol. The Morgan fingerprint density at radius 2 is 1.88 bits per heavy atom. The number of carbonyl (C=O) groups is 3. The lowest BCUT2D eigenvalue weighted by Crippen LogP contribution is -2.48. The van der Waals surface area contributed by atoms with E-state index in [1.807, 2.05) is 6.07 Å². The van der Waals surface area contributed by atoms with Gasteiger partial charge in [-0.05, 0) is 65.1 Å². The molecule has 1 unspecified atom stereocenters. The molecule has 1 saturated heterocycles. The number of rotatable bonds is 4. The molecule has 2 aromatic carbocycles. The number of hydrazine groups is 1. The number of amides is 3. The van der Waals surface area contributed by atoms with Crippen molar-refractivity contribution in [2.24, 2.45) is 0 Å². The predicted molar refractivity (Wildman–Crippen MR) is 102 cm³/mol. The lowest BCUT2D eigenvalue weighted by Gasteiger charge is -2.16. The molecule has 0 spiro atoms. The van der Waals surface area contributed by atoms with E-state index in [9.17, 15) is 14.4 Å². The molecule has 0 aromatic heterocycles. The summed E-state index contributed by atoms with van der Waals surface area (Å²) in [6.07, 6.45) is -0.0337. The largest absolute Gasteiger partial charge is 0.287 e. The average Bonchev–Trinajstić information content (AvgIpc) is 2.87. The molecule has 6 nitrogen and oxygen atoms in total. The van der Waals surface area contributed by atoms with Crippen LogP contribution in [-0.2, 0) is 9.59 Å². The summed E-state index contributed by atoms with van der Waals surface area (Å²) >= 11 is 7.93. The van der Waals surface area contributed by atoms with E-state index in [1.165, 1.54) is 0 Å². The number of hydrogen-bond acceptors (Lipinski definition) is 4. The number of benzene rings is 2. The Morgan fingerprint density at radius 1 is 1.16 bits per heavy atom. The van der Waals surface area contributed by atoms with Gasteiger partial charge in [-0.15, -0.1) is 0 Å². The minimum atomic E-state index is -0.810. The van der Waals surface area contributed by atoms with Crippen molar-refractivity contribution < 1.29 is 14.4 Å². The minimum absolute atomic E-state index is 0.0337. The number of halogens is 2. The van der Waals surface area contributed by atoms with Crippen molar-refractivity contribution in [1.82, 2.24) is 10.9 Å². The quantitative estimate of drug-likeness (QED) is 0.410. The second-order valence-corrected chi connectivity index (χ2v) is 7.09. The lowest BCUT2D eigenvalue weighted by atomic mass is 10.2. The van der Waals surface area contributed by atoms with Crippen LogP contribution < -0.4 is 15.8 Å². The van der Waals surface area contributed by atoms with E-state index >= 15 is 0 Å². The highest BCUT2D eigenvalue weighted by Crippen LogP contribution is 2.24. The van der Waals surface area contributed by atoms with Crippen LogP contribution in [0.3, 0.4) is 0 Å². The van der Waals surface area contributed by atoms with E-state index in [2.05, 4.69) is 33.4 Å². The van der Waals surface area contributed by atoms with Gasteiger partial charge in [0.25, 0.3) is 11.8 Å². The highest BCUT2D eigenvalue weighted by molar-refractivity contribution is 14.1. The van der Waals surface area contributed by atoms with Crippen LogP contribution in [0.15, 0.2) is 48.5 Å². The van der Waals surface area contributed by atoms with Crippen LogP contribution in [0, 0.1) is 3.57 Å². The monoisotopic (exact) mass is 469 g/mol. The first kappa shape index (κ1) is 17.8. The highest BCUT2D eigenvalue weighted by Gasteiger charge is 2.39. The third-order valence-corrected chi connectivity index (χ3v) is 4.60. The summed E-state index contributed by atoms with van der Waals surface area (Å²) < 4.78 is 0.922. The summed E-state index contributed by atoms with van der Waals surface area (Å²) in [7, 11) is 0. The molecule has 1 aliphatic heterocycles. The van der Waals surface area contributed by atoms with Crippen LogP contribution in [-0.4, -0.2) is 23.8 Å². The van der Waals surface area contributed by atoms with Crippen LogP contribution in [0.25, 0.3) is 0 Å². The number of carbonyl (C=O) groups excluding carboxylic acids is 3. The minimum Gasteiger partial charge on any atom is -0.287 e. The van der Waals surface area contributed by atoms with Crippen LogP contribution in [0.1, 0.15) is 16.8 Å². The first-order valence-corrected chi connectivity index (χ1v) is 8.85. The summed E-state index contributed by atoms with van der Waals surface area (Å²) in [5.74, 6) is -1.13. The zero-order chi connectivity index (χ0) is 18.0. The fraction of sp³-hybridized carbons (Fsp3) is 0.118. The van der Waals surface area contributed by atoms with Crippen LogP contribution in [0.4, 0.5) is 5.69 Å². The third-order valence-electron chi connectivity index (χ3n) is 3.68. The Balaban J connectivity index is 1.66. The first-order valence-electron chi connectivity index (χ1n) is 7.39. The molecule has 1 heterocycles. The zero-order valence-corrected chi connectivity index (χ0v) is 15.7. The summed E-state index contributed by atoms with van der Waals surface area (Å²) in [4.78, 5) is 37.8. The molecule has 0 bridgehead atoms. The van der Waals surface area contributed by atoms with Gasteiger partial charge >= 0.3 is 0 Å². The highest BCUT2D eigenvalue weighted by atomic mass is 127. The van der Waals surface area contributed by atoms with Gasteiger partial charge in [0.15, 0.2) is 0 Å². The molecule has 8 heteroatoms. The van der Waals surface area contributed by atoms with Gasteiger partial charge in [0.2, 0.25) is 5.91 Å². The van der Waals surface area contributed by atoms with Crippen LogP contribution in [0.5, 0.6) is 0 Å². The van der Waals surface area contributed by atoms with E-state index in [4.69, 9.17) is 11.6 Å². The molecule has 3 amide bonds. The van der Waals surface area contributed by atoms with Crippen molar-refractivity contribution in [1.29, 1.82) is 0 Å². The molecule has 2 N–H and O–H groups in total. The number of nitrogens with one attached hydrogen (secondary N) is 2. The molecule has 2 aromatic rings. The molecule has 3 rings (SSSR count). The van der Waals surface area contributed by atoms with E-state index in [0.717, 1.165) is 8.47 Å². The zero-order valence-electron chi connectivity index (χ0n) is 12.8. The second kappa shape index (κ2) is 7.51. The Bertz CT molecular complexity index is 841. The van der Waals surface area contributed by atoms with Gasteiger partial charge < -0.3 is 0 Å². The maximum Gasteiger partial charge on any atom is 0.265 e. The summed E-state index contributed by atoms with van der Waals surface area (Å²) in [5.41, 5.74) is 6.05. The Kier molecular flexibility index (Phi) is 5.36. The van der Waals surface area contributed by atoms with Crippen molar-refractivity contribution in [3.63, 3.8) is 0 Å². The maximum atomic E-state index is 12.5. The van der Waals surface area contributed by atoms with E-state index in [-0.39, 0.29) is 18.2 Å². The van der Waals surface area contributed by atoms with Gasteiger partial charge in [-0.25, -0.2) is 10.3 Å². The molecule has 0 aliphatic carbocycles. The number of nitrogens with zero attached hydrogens (tertiary/aromatic N) is 1. The van der Waals surface area contributed by atoms with Crippen molar-refractivity contribution in [3.05, 3.63) is 62.7 Å². The molecular formula is C17H13ClIN3O3.